The molecule has 7 nitrogen and oxygen atoms in total. The number of anilines is 1. The molecule has 0 spiro atoms. The first kappa shape index (κ1) is 22.3. The van der Waals surface area contributed by atoms with Crippen molar-refractivity contribution in [3.05, 3.63) is 46.6 Å². The largest absolute Gasteiger partial charge is 0.417 e. The number of amides is 1. The Balaban J connectivity index is 1.30. The second-order valence-corrected chi connectivity index (χ2v) is 8.11. The number of hydrogen-bond donors (Lipinski definition) is 3. The van der Waals surface area contributed by atoms with Crippen LogP contribution >= 0.6 is 11.6 Å². The molecule has 12 heteroatoms. The molecule has 1 saturated carbocycles. The number of fused-ring (bicyclic) bond motifs is 1. The minimum absolute atomic E-state index is 0.166. The lowest BCUT2D eigenvalue weighted by atomic mass is 9.86. The first-order chi connectivity index (χ1) is 15.2. The summed E-state index contributed by atoms with van der Waals surface area (Å²) in [5.74, 6) is -0.261. The minimum Gasteiger partial charge on any atom is -0.367 e. The number of aromatic amines is 1. The van der Waals surface area contributed by atoms with Crippen LogP contribution in [-0.2, 0) is 6.18 Å². The predicted octanol–water partition coefficient (Wildman–Crippen LogP) is 4.56. The Bertz CT molecular complexity index is 1130. The third-order valence-corrected chi connectivity index (χ3v) is 5.82. The van der Waals surface area contributed by atoms with E-state index in [9.17, 15) is 22.4 Å². The zero-order valence-corrected chi connectivity index (χ0v) is 17.4. The summed E-state index contributed by atoms with van der Waals surface area (Å²) in [6.45, 7) is 0.628. The molecule has 3 aromatic heterocycles. The number of alkyl halides is 3. The quantitative estimate of drug-likeness (QED) is 0.375. The fourth-order valence-corrected chi connectivity index (χ4v) is 3.97. The molecule has 32 heavy (non-hydrogen) atoms. The van der Waals surface area contributed by atoms with Gasteiger partial charge >= 0.3 is 6.18 Å². The highest BCUT2D eigenvalue weighted by molar-refractivity contribution is 6.32. The summed E-state index contributed by atoms with van der Waals surface area (Å²) in [6, 6.07) is 1.87. The molecular weight excluding hydrogens is 452 g/mol. The Kier molecular flexibility index (Phi) is 6.18. The van der Waals surface area contributed by atoms with Gasteiger partial charge in [-0.3, -0.25) is 9.89 Å². The van der Waals surface area contributed by atoms with Gasteiger partial charge in [-0.1, -0.05) is 11.6 Å². The monoisotopic (exact) mass is 470 g/mol. The number of carbonyl (C=O) groups is 1. The van der Waals surface area contributed by atoms with Crippen molar-refractivity contribution in [1.29, 1.82) is 0 Å². The predicted molar refractivity (Wildman–Crippen MR) is 110 cm³/mol. The highest BCUT2D eigenvalue weighted by Gasteiger charge is 2.33. The smallest absolute Gasteiger partial charge is 0.367 e. The minimum atomic E-state index is -4.61. The Labute approximate surface area is 185 Å². The van der Waals surface area contributed by atoms with Gasteiger partial charge in [0.1, 0.15) is 16.5 Å². The van der Waals surface area contributed by atoms with Gasteiger partial charge in [0.2, 0.25) is 0 Å². The SMILES string of the molecule is O=C(NC1CCC(CNc2n[nH]c3cc(F)cnc23)CC1)c1cc(C(F)(F)F)cnc1Cl. The molecule has 0 radical (unpaired) electrons. The van der Waals surface area contributed by atoms with Crippen molar-refractivity contribution in [2.75, 3.05) is 11.9 Å². The maximum absolute atomic E-state index is 13.2. The fraction of sp³-hybridized carbons (Fsp3) is 0.400. The zero-order valence-electron chi connectivity index (χ0n) is 16.6. The highest BCUT2D eigenvalue weighted by Crippen LogP contribution is 2.31. The fourth-order valence-electron chi connectivity index (χ4n) is 3.78. The summed E-state index contributed by atoms with van der Waals surface area (Å²) >= 11 is 5.84. The normalized spacial score (nSPS) is 19.2. The zero-order chi connectivity index (χ0) is 22.9. The molecule has 0 aliphatic heterocycles. The van der Waals surface area contributed by atoms with E-state index in [-0.39, 0.29) is 16.8 Å². The molecule has 1 fully saturated rings. The number of hydrogen-bond acceptors (Lipinski definition) is 5. The number of nitrogens with zero attached hydrogens (tertiary/aromatic N) is 3. The average molecular weight is 471 g/mol. The molecule has 0 saturated heterocycles. The summed E-state index contributed by atoms with van der Waals surface area (Å²) in [5, 5.41) is 12.6. The van der Waals surface area contributed by atoms with Gasteiger partial charge in [-0.25, -0.2) is 14.4 Å². The summed E-state index contributed by atoms with van der Waals surface area (Å²) in [6.07, 6.45) is 0.0730. The van der Waals surface area contributed by atoms with E-state index in [0.29, 0.717) is 54.4 Å². The van der Waals surface area contributed by atoms with Gasteiger partial charge in [0.25, 0.3) is 5.91 Å². The van der Waals surface area contributed by atoms with Crippen LogP contribution in [0.5, 0.6) is 0 Å². The van der Waals surface area contributed by atoms with Crippen LogP contribution < -0.4 is 10.6 Å². The van der Waals surface area contributed by atoms with Crippen LogP contribution in [0.1, 0.15) is 41.6 Å². The van der Waals surface area contributed by atoms with E-state index in [1.165, 1.54) is 6.07 Å². The number of halogens is 5. The average Bonchev–Trinajstić information content (AvgIpc) is 3.14. The van der Waals surface area contributed by atoms with Gasteiger partial charge in [-0.15, -0.1) is 0 Å². The lowest BCUT2D eigenvalue weighted by Gasteiger charge is -2.29. The molecule has 4 rings (SSSR count). The molecule has 0 aromatic carbocycles. The number of rotatable bonds is 5. The second-order valence-electron chi connectivity index (χ2n) is 7.75. The maximum Gasteiger partial charge on any atom is 0.417 e. The van der Waals surface area contributed by atoms with E-state index in [2.05, 4.69) is 30.8 Å². The summed E-state index contributed by atoms with van der Waals surface area (Å²) in [5.41, 5.74) is -0.259. The van der Waals surface area contributed by atoms with Gasteiger partial charge in [0.15, 0.2) is 5.82 Å². The standard InChI is InChI=1S/C20H19ClF4N6O/c21-17-14(5-11(8-27-17)20(23,24)25)19(32)29-13-3-1-10(2-4-13)7-28-18-16-15(30-31-18)6-12(22)9-26-16/h5-6,8-10,13H,1-4,7H2,(H,29,32)(H2,28,30,31). The molecule has 3 aromatic rings. The topological polar surface area (TPSA) is 95.6 Å². The van der Waals surface area contributed by atoms with Crippen molar-refractivity contribution < 1.29 is 22.4 Å². The number of aromatic nitrogens is 4. The van der Waals surface area contributed by atoms with E-state index in [1.807, 2.05) is 0 Å². The molecule has 3 N–H and O–H groups in total. The molecule has 1 aliphatic rings. The molecule has 1 amide bonds. The molecule has 1 aliphatic carbocycles. The van der Waals surface area contributed by atoms with Gasteiger partial charge in [0.05, 0.1) is 22.8 Å². The van der Waals surface area contributed by atoms with E-state index < -0.39 is 23.5 Å². The second kappa shape index (κ2) is 8.89. The first-order valence-electron chi connectivity index (χ1n) is 9.98. The summed E-state index contributed by atoms with van der Waals surface area (Å²) in [4.78, 5) is 20.0. The van der Waals surface area contributed by atoms with Gasteiger partial charge in [-0.2, -0.15) is 18.3 Å². The van der Waals surface area contributed by atoms with Crippen LogP contribution in [0.25, 0.3) is 11.0 Å². The Morgan fingerprint density at radius 1 is 1.16 bits per heavy atom. The van der Waals surface area contributed by atoms with Gasteiger partial charge in [-0.05, 0) is 37.7 Å². The molecule has 0 bridgehead atoms. The lowest BCUT2D eigenvalue weighted by molar-refractivity contribution is -0.137. The van der Waals surface area contributed by atoms with Crippen LogP contribution in [0.2, 0.25) is 5.15 Å². The van der Waals surface area contributed by atoms with Gasteiger partial charge in [0, 0.05) is 24.8 Å². The Morgan fingerprint density at radius 2 is 1.91 bits per heavy atom. The van der Waals surface area contributed by atoms with E-state index >= 15 is 0 Å². The third kappa shape index (κ3) is 4.93. The van der Waals surface area contributed by atoms with Crippen molar-refractivity contribution in [2.45, 2.75) is 37.9 Å². The number of carbonyl (C=O) groups excluding carboxylic acids is 1. The van der Waals surface area contributed by atoms with E-state index in [4.69, 9.17) is 11.6 Å². The number of nitrogens with one attached hydrogen (secondary N) is 3. The first-order valence-corrected chi connectivity index (χ1v) is 10.4. The third-order valence-electron chi connectivity index (χ3n) is 5.52. The van der Waals surface area contributed by atoms with Crippen molar-refractivity contribution in [3.63, 3.8) is 0 Å². The number of pyridine rings is 2. The van der Waals surface area contributed by atoms with Crippen LogP contribution in [-0.4, -0.2) is 38.7 Å². The highest BCUT2D eigenvalue weighted by atomic mass is 35.5. The molecule has 0 atom stereocenters. The van der Waals surface area contributed by atoms with E-state index in [0.717, 1.165) is 19.0 Å². The van der Waals surface area contributed by atoms with Crippen molar-refractivity contribution >= 4 is 34.4 Å². The van der Waals surface area contributed by atoms with Crippen LogP contribution in [0.3, 0.4) is 0 Å². The number of H-pyrrole nitrogens is 1. The van der Waals surface area contributed by atoms with Gasteiger partial charge < -0.3 is 10.6 Å². The molecule has 170 valence electrons. The van der Waals surface area contributed by atoms with Crippen molar-refractivity contribution in [3.8, 4) is 0 Å². The van der Waals surface area contributed by atoms with Crippen LogP contribution in [0.15, 0.2) is 24.5 Å². The molecule has 3 heterocycles. The summed E-state index contributed by atoms with van der Waals surface area (Å²) < 4.78 is 51.9. The maximum atomic E-state index is 13.2. The Hall–Kier alpha value is -2.95. The van der Waals surface area contributed by atoms with E-state index in [1.54, 1.807) is 0 Å². The van der Waals surface area contributed by atoms with Crippen LogP contribution in [0, 0.1) is 11.7 Å². The lowest BCUT2D eigenvalue weighted by Crippen LogP contribution is -2.38. The van der Waals surface area contributed by atoms with Crippen molar-refractivity contribution in [2.24, 2.45) is 5.92 Å². The summed E-state index contributed by atoms with van der Waals surface area (Å²) in [7, 11) is 0. The molecular formula is C20H19ClF4N6O. The Morgan fingerprint density at radius 3 is 2.62 bits per heavy atom. The van der Waals surface area contributed by atoms with Crippen molar-refractivity contribution in [1.82, 2.24) is 25.5 Å². The van der Waals surface area contributed by atoms with Crippen LogP contribution in [0.4, 0.5) is 23.4 Å². The molecule has 0 unspecified atom stereocenters.